The predicted octanol–water partition coefficient (Wildman–Crippen LogP) is 5.69. The Bertz CT molecular complexity index is 1080. The SMILES string of the molecule is Cc1ccc(Cn2cccc2CN(Cc2ccccc2)C(=O)c2ccccc2)cc1. The highest BCUT2D eigenvalue weighted by molar-refractivity contribution is 5.94. The molecule has 4 rings (SSSR count). The number of rotatable bonds is 7. The Balaban J connectivity index is 1.58. The molecule has 0 atom stereocenters. The van der Waals surface area contributed by atoms with Crippen LogP contribution < -0.4 is 0 Å². The summed E-state index contributed by atoms with van der Waals surface area (Å²) in [7, 11) is 0. The van der Waals surface area contributed by atoms with E-state index in [9.17, 15) is 4.79 Å². The van der Waals surface area contributed by atoms with Crippen LogP contribution in [0.3, 0.4) is 0 Å². The number of hydrogen-bond donors (Lipinski definition) is 0. The third-order valence-electron chi connectivity index (χ3n) is 5.27. The van der Waals surface area contributed by atoms with E-state index in [2.05, 4.69) is 66.2 Å². The molecule has 4 aromatic rings. The summed E-state index contributed by atoms with van der Waals surface area (Å²) in [5, 5.41) is 0. The molecule has 0 saturated carbocycles. The van der Waals surface area contributed by atoms with Crippen molar-refractivity contribution in [2.75, 3.05) is 0 Å². The second-order valence-electron chi connectivity index (χ2n) is 7.63. The van der Waals surface area contributed by atoms with E-state index in [-0.39, 0.29) is 5.91 Å². The summed E-state index contributed by atoms with van der Waals surface area (Å²) in [6.07, 6.45) is 2.09. The molecular formula is C27H26N2O. The van der Waals surface area contributed by atoms with Gasteiger partial charge in [-0.1, -0.05) is 78.4 Å². The van der Waals surface area contributed by atoms with Gasteiger partial charge in [-0.15, -0.1) is 0 Å². The normalized spacial score (nSPS) is 10.7. The molecule has 0 aliphatic heterocycles. The van der Waals surface area contributed by atoms with Gasteiger partial charge in [-0.2, -0.15) is 0 Å². The molecule has 1 aromatic heterocycles. The molecule has 3 heteroatoms. The molecule has 0 N–H and O–H groups in total. The molecule has 0 fully saturated rings. The average molecular weight is 395 g/mol. The van der Waals surface area contributed by atoms with Crippen molar-refractivity contribution in [3.8, 4) is 0 Å². The second-order valence-corrected chi connectivity index (χ2v) is 7.63. The van der Waals surface area contributed by atoms with E-state index in [1.807, 2.05) is 53.4 Å². The van der Waals surface area contributed by atoms with Crippen molar-refractivity contribution in [3.63, 3.8) is 0 Å². The molecule has 0 saturated heterocycles. The van der Waals surface area contributed by atoms with E-state index in [0.717, 1.165) is 17.8 Å². The lowest BCUT2D eigenvalue weighted by Crippen LogP contribution is -2.31. The minimum Gasteiger partial charge on any atom is -0.345 e. The van der Waals surface area contributed by atoms with Gasteiger partial charge in [0, 0.05) is 30.5 Å². The first kappa shape index (κ1) is 19.7. The van der Waals surface area contributed by atoms with E-state index in [1.165, 1.54) is 11.1 Å². The average Bonchev–Trinajstić information content (AvgIpc) is 3.22. The van der Waals surface area contributed by atoms with Gasteiger partial charge in [-0.25, -0.2) is 0 Å². The topological polar surface area (TPSA) is 25.2 Å². The third-order valence-corrected chi connectivity index (χ3v) is 5.27. The summed E-state index contributed by atoms with van der Waals surface area (Å²) < 4.78 is 2.22. The molecule has 0 aliphatic rings. The van der Waals surface area contributed by atoms with Crippen LogP contribution >= 0.6 is 0 Å². The fourth-order valence-corrected chi connectivity index (χ4v) is 3.60. The minimum absolute atomic E-state index is 0.0440. The predicted molar refractivity (Wildman–Crippen MR) is 121 cm³/mol. The molecule has 3 aromatic carbocycles. The summed E-state index contributed by atoms with van der Waals surface area (Å²) >= 11 is 0. The fraction of sp³-hybridized carbons (Fsp3) is 0.148. The Labute approximate surface area is 178 Å². The minimum atomic E-state index is 0.0440. The van der Waals surface area contributed by atoms with Crippen LogP contribution in [-0.2, 0) is 19.6 Å². The third kappa shape index (κ3) is 4.87. The highest BCUT2D eigenvalue weighted by atomic mass is 16.2. The van der Waals surface area contributed by atoms with Crippen LogP contribution in [0.5, 0.6) is 0 Å². The van der Waals surface area contributed by atoms with E-state index < -0.39 is 0 Å². The zero-order chi connectivity index (χ0) is 20.8. The van der Waals surface area contributed by atoms with Crippen molar-refractivity contribution in [2.24, 2.45) is 0 Å². The smallest absolute Gasteiger partial charge is 0.254 e. The summed E-state index contributed by atoms with van der Waals surface area (Å²) in [6, 6.07) is 32.4. The monoisotopic (exact) mass is 394 g/mol. The Kier molecular flexibility index (Phi) is 6.09. The first-order valence-corrected chi connectivity index (χ1v) is 10.3. The lowest BCUT2D eigenvalue weighted by Gasteiger charge is -2.24. The van der Waals surface area contributed by atoms with Gasteiger partial charge < -0.3 is 9.47 Å². The first-order chi connectivity index (χ1) is 14.7. The zero-order valence-corrected chi connectivity index (χ0v) is 17.2. The van der Waals surface area contributed by atoms with Gasteiger partial charge in [0.25, 0.3) is 5.91 Å². The first-order valence-electron chi connectivity index (χ1n) is 10.3. The van der Waals surface area contributed by atoms with Gasteiger partial charge in [-0.05, 0) is 42.3 Å². The molecule has 3 nitrogen and oxygen atoms in total. The van der Waals surface area contributed by atoms with Crippen LogP contribution in [-0.4, -0.2) is 15.4 Å². The van der Waals surface area contributed by atoms with Crippen LogP contribution in [0.25, 0.3) is 0 Å². The van der Waals surface area contributed by atoms with E-state index in [1.54, 1.807) is 0 Å². The largest absolute Gasteiger partial charge is 0.345 e. The number of aryl methyl sites for hydroxylation is 1. The molecule has 150 valence electrons. The van der Waals surface area contributed by atoms with Crippen LogP contribution in [0, 0.1) is 6.92 Å². The van der Waals surface area contributed by atoms with E-state index in [0.29, 0.717) is 18.7 Å². The van der Waals surface area contributed by atoms with Gasteiger partial charge in [0.05, 0.1) is 6.54 Å². The standard InChI is InChI=1S/C27H26N2O/c1-22-14-16-24(17-15-22)19-28-18-8-13-26(28)21-29(20-23-9-4-2-5-10-23)27(30)25-11-6-3-7-12-25/h2-18H,19-21H2,1H3. The Hall–Kier alpha value is -3.59. The zero-order valence-electron chi connectivity index (χ0n) is 17.2. The molecule has 1 heterocycles. The van der Waals surface area contributed by atoms with Crippen LogP contribution in [0.2, 0.25) is 0 Å². The van der Waals surface area contributed by atoms with Crippen LogP contribution in [0.15, 0.2) is 103 Å². The molecule has 0 spiro atoms. The second kappa shape index (κ2) is 9.27. The fourth-order valence-electron chi connectivity index (χ4n) is 3.60. The molecule has 0 unspecified atom stereocenters. The van der Waals surface area contributed by atoms with E-state index in [4.69, 9.17) is 0 Å². The lowest BCUT2D eigenvalue weighted by molar-refractivity contribution is 0.0726. The Morgan fingerprint density at radius 3 is 2.10 bits per heavy atom. The van der Waals surface area contributed by atoms with Gasteiger partial charge in [0.15, 0.2) is 0 Å². The highest BCUT2D eigenvalue weighted by Gasteiger charge is 2.18. The number of carbonyl (C=O) groups excluding carboxylic acids is 1. The lowest BCUT2D eigenvalue weighted by atomic mass is 10.1. The maximum atomic E-state index is 13.3. The highest BCUT2D eigenvalue weighted by Crippen LogP contribution is 2.16. The van der Waals surface area contributed by atoms with Crippen molar-refractivity contribution in [2.45, 2.75) is 26.6 Å². The molecular weight excluding hydrogens is 368 g/mol. The van der Waals surface area contributed by atoms with Gasteiger partial charge in [-0.3, -0.25) is 4.79 Å². The van der Waals surface area contributed by atoms with Crippen molar-refractivity contribution in [3.05, 3.63) is 131 Å². The van der Waals surface area contributed by atoms with E-state index >= 15 is 0 Å². The van der Waals surface area contributed by atoms with Crippen LogP contribution in [0.1, 0.15) is 32.7 Å². The number of aromatic nitrogens is 1. The van der Waals surface area contributed by atoms with Gasteiger partial charge >= 0.3 is 0 Å². The van der Waals surface area contributed by atoms with Crippen molar-refractivity contribution < 1.29 is 4.79 Å². The molecule has 0 aliphatic carbocycles. The quantitative estimate of drug-likeness (QED) is 0.395. The summed E-state index contributed by atoms with van der Waals surface area (Å²) in [6.45, 7) is 4.02. The number of nitrogens with zero attached hydrogens (tertiary/aromatic N) is 2. The number of carbonyl (C=O) groups is 1. The van der Waals surface area contributed by atoms with Crippen LogP contribution in [0.4, 0.5) is 0 Å². The van der Waals surface area contributed by atoms with Crippen molar-refractivity contribution in [1.82, 2.24) is 9.47 Å². The number of hydrogen-bond acceptors (Lipinski definition) is 1. The van der Waals surface area contributed by atoms with Gasteiger partial charge in [0.2, 0.25) is 0 Å². The maximum absolute atomic E-state index is 13.3. The molecule has 0 radical (unpaired) electrons. The van der Waals surface area contributed by atoms with Crippen molar-refractivity contribution >= 4 is 5.91 Å². The van der Waals surface area contributed by atoms with Crippen molar-refractivity contribution in [1.29, 1.82) is 0 Å². The Morgan fingerprint density at radius 1 is 0.733 bits per heavy atom. The number of benzene rings is 3. The summed E-state index contributed by atoms with van der Waals surface area (Å²) in [5.41, 5.74) is 5.47. The number of amides is 1. The molecule has 0 bridgehead atoms. The maximum Gasteiger partial charge on any atom is 0.254 e. The molecule has 30 heavy (non-hydrogen) atoms. The Morgan fingerprint density at radius 2 is 1.40 bits per heavy atom. The summed E-state index contributed by atoms with van der Waals surface area (Å²) in [5.74, 6) is 0.0440. The summed E-state index contributed by atoms with van der Waals surface area (Å²) in [4.78, 5) is 15.2. The molecule has 1 amide bonds. The van der Waals surface area contributed by atoms with Gasteiger partial charge in [0.1, 0.15) is 0 Å².